The number of hydrogen-bond donors (Lipinski definition) is 1. The number of hydrogen-bond acceptors (Lipinski definition) is 6. The fourth-order valence-electron chi connectivity index (χ4n) is 3.10. The van der Waals surface area contributed by atoms with Gasteiger partial charge in [-0.3, -0.25) is 14.2 Å². The fourth-order valence-corrected chi connectivity index (χ4v) is 4.63. The second-order valence-electron chi connectivity index (χ2n) is 7.50. The van der Waals surface area contributed by atoms with E-state index in [0.29, 0.717) is 24.5 Å². The summed E-state index contributed by atoms with van der Waals surface area (Å²) in [6.45, 7) is 0.599. The molecular weight excluding hydrogens is 408 g/mol. The van der Waals surface area contributed by atoms with Crippen molar-refractivity contribution in [3.8, 4) is 5.69 Å². The Morgan fingerprint density at radius 3 is 2.53 bits per heavy atom. The third-order valence-electron chi connectivity index (χ3n) is 4.81. The van der Waals surface area contributed by atoms with Gasteiger partial charge in [-0.15, -0.1) is 0 Å². The molecule has 0 aliphatic carbocycles. The molecule has 1 aromatic heterocycles. The summed E-state index contributed by atoms with van der Waals surface area (Å²) in [7, 11) is 2.97. The number of nitrogens with one attached hydrogen (secondary N) is 1. The van der Waals surface area contributed by atoms with Crippen LogP contribution in [-0.2, 0) is 21.4 Å². The lowest BCUT2D eigenvalue weighted by atomic mass is 10.2. The number of benzene rings is 1. The lowest BCUT2D eigenvalue weighted by Crippen LogP contribution is -2.40. The minimum Gasteiger partial charge on any atom is -0.349 e. The molecule has 0 unspecified atom stereocenters. The number of likely N-dealkylation sites (N-methyl/N-ethyl adjacent to an activating group) is 2. The van der Waals surface area contributed by atoms with Crippen molar-refractivity contribution in [3.05, 3.63) is 42.0 Å². The summed E-state index contributed by atoms with van der Waals surface area (Å²) in [5, 5.41) is 2.81. The molecule has 2 aromatic rings. The van der Waals surface area contributed by atoms with Gasteiger partial charge in [0.15, 0.2) is 5.69 Å². The van der Waals surface area contributed by atoms with Gasteiger partial charge in [0.1, 0.15) is 11.2 Å². The first-order valence-electron chi connectivity index (χ1n) is 9.41. The maximum absolute atomic E-state index is 13.3. The number of fused-ring (bicyclic) bond motifs is 3. The summed E-state index contributed by atoms with van der Waals surface area (Å²) in [5.41, 5.74) is 0.951. The maximum atomic E-state index is 13.3. The summed E-state index contributed by atoms with van der Waals surface area (Å²) >= 11 is 0. The zero-order valence-corrected chi connectivity index (χ0v) is 18.3. The molecule has 0 atom stereocenters. The first kappa shape index (κ1) is 21.9. The van der Waals surface area contributed by atoms with E-state index in [1.165, 1.54) is 17.3 Å². The van der Waals surface area contributed by atoms with E-state index < -0.39 is 10.0 Å². The van der Waals surface area contributed by atoms with E-state index in [1.54, 1.807) is 36.9 Å². The highest BCUT2D eigenvalue weighted by atomic mass is 32.2. The molecule has 1 N–H and O–H groups in total. The third-order valence-corrected chi connectivity index (χ3v) is 6.64. The molecule has 10 nitrogen and oxygen atoms in total. The molecule has 2 amide bonds. The smallest absolute Gasteiger partial charge is 0.271 e. The predicted octanol–water partition coefficient (Wildman–Crippen LogP) is -0.244. The van der Waals surface area contributed by atoms with Crippen LogP contribution in [0, 0.1) is 0 Å². The maximum Gasteiger partial charge on any atom is 0.271 e. The van der Waals surface area contributed by atoms with E-state index in [0.717, 1.165) is 4.31 Å². The topological polar surface area (TPSA) is 108 Å². The summed E-state index contributed by atoms with van der Waals surface area (Å²) in [4.78, 5) is 32.6. The molecule has 0 fully saturated rings. The average molecular weight is 435 g/mol. The van der Waals surface area contributed by atoms with Crippen LogP contribution in [0.25, 0.3) is 5.69 Å². The van der Waals surface area contributed by atoms with Crippen LogP contribution in [-0.4, -0.2) is 91.7 Å². The van der Waals surface area contributed by atoms with Gasteiger partial charge in [0.2, 0.25) is 15.9 Å². The fraction of sp³-hybridized carbons (Fsp3) is 0.421. The summed E-state index contributed by atoms with van der Waals surface area (Å²) in [6.07, 6.45) is 1.45. The number of aromatic nitrogens is 2. The Morgan fingerprint density at radius 1 is 1.17 bits per heavy atom. The van der Waals surface area contributed by atoms with Gasteiger partial charge in [0.25, 0.3) is 5.91 Å². The largest absolute Gasteiger partial charge is 0.349 e. The minimum atomic E-state index is -3.96. The molecule has 1 aliphatic heterocycles. The number of nitrogens with zero attached hydrogens (tertiary/aromatic N) is 5. The van der Waals surface area contributed by atoms with Crippen molar-refractivity contribution < 1.29 is 18.0 Å². The summed E-state index contributed by atoms with van der Waals surface area (Å²) in [6, 6.07) is 6.49. The normalized spacial score (nSPS) is 15.2. The number of rotatable bonds is 6. The van der Waals surface area contributed by atoms with Crippen LogP contribution in [0.1, 0.15) is 16.2 Å². The van der Waals surface area contributed by atoms with Gasteiger partial charge in [0, 0.05) is 27.2 Å². The minimum absolute atomic E-state index is 0.0623. The second-order valence-corrected chi connectivity index (χ2v) is 9.40. The molecule has 0 radical (unpaired) electrons. The zero-order chi connectivity index (χ0) is 22.1. The Morgan fingerprint density at radius 2 is 1.87 bits per heavy atom. The molecular formula is C19H26N6O4S. The van der Waals surface area contributed by atoms with Crippen molar-refractivity contribution in [3.63, 3.8) is 0 Å². The van der Waals surface area contributed by atoms with Gasteiger partial charge in [-0.1, -0.05) is 12.1 Å². The van der Waals surface area contributed by atoms with Crippen LogP contribution in [0.3, 0.4) is 0 Å². The van der Waals surface area contributed by atoms with Crippen molar-refractivity contribution in [1.29, 1.82) is 0 Å². The molecule has 0 saturated heterocycles. The summed E-state index contributed by atoms with van der Waals surface area (Å²) < 4.78 is 29.3. The Kier molecular flexibility index (Phi) is 6.25. The Balaban J connectivity index is 2.05. The molecule has 162 valence electrons. The highest BCUT2D eigenvalue weighted by Gasteiger charge is 2.36. The van der Waals surface area contributed by atoms with Crippen LogP contribution in [0.15, 0.2) is 35.5 Å². The second kappa shape index (κ2) is 8.54. The lowest BCUT2D eigenvalue weighted by Gasteiger charge is -2.21. The monoisotopic (exact) mass is 434 g/mol. The molecule has 11 heteroatoms. The SMILES string of the molecule is CN(C)CCNC(=O)c1ncn2c1CN(CC(=O)N(C)C)S(=O)(=O)c1ccccc1-2. The van der Waals surface area contributed by atoms with Gasteiger partial charge in [0.05, 0.1) is 24.5 Å². The molecule has 1 aliphatic rings. The van der Waals surface area contributed by atoms with Gasteiger partial charge in [-0.25, -0.2) is 13.4 Å². The van der Waals surface area contributed by atoms with Crippen molar-refractivity contribution >= 4 is 21.8 Å². The van der Waals surface area contributed by atoms with Crippen molar-refractivity contribution in [2.24, 2.45) is 0 Å². The summed E-state index contributed by atoms with van der Waals surface area (Å²) in [5.74, 6) is -0.748. The van der Waals surface area contributed by atoms with E-state index in [1.807, 2.05) is 19.0 Å². The lowest BCUT2D eigenvalue weighted by molar-refractivity contribution is -0.128. The molecule has 2 heterocycles. The third kappa shape index (κ3) is 4.23. The first-order valence-corrected chi connectivity index (χ1v) is 10.9. The van der Waals surface area contributed by atoms with Gasteiger partial charge in [-0.2, -0.15) is 4.31 Å². The van der Waals surface area contributed by atoms with E-state index in [2.05, 4.69) is 10.3 Å². The first-order chi connectivity index (χ1) is 14.1. The Hall–Kier alpha value is -2.76. The number of imidazole rings is 1. The van der Waals surface area contributed by atoms with E-state index in [-0.39, 0.29) is 35.5 Å². The standard InChI is InChI=1S/C19H26N6O4S/c1-22(2)10-9-20-19(27)18-15-11-24(12-17(26)23(3)4)30(28,29)16-8-6-5-7-14(16)25(15)13-21-18/h5-8,13H,9-12H2,1-4H3,(H,20,27). The van der Waals surface area contributed by atoms with Gasteiger partial charge >= 0.3 is 0 Å². The van der Waals surface area contributed by atoms with Gasteiger partial charge < -0.3 is 15.1 Å². The van der Waals surface area contributed by atoms with E-state index in [9.17, 15) is 18.0 Å². The van der Waals surface area contributed by atoms with Crippen molar-refractivity contribution in [2.45, 2.75) is 11.4 Å². The molecule has 0 bridgehead atoms. The van der Waals surface area contributed by atoms with Crippen LogP contribution >= 0.6 is 0 Å². The zero-order valence-electron chi connectivity index (χ0n) is 17.5. The number of sulfonamides is 1. The number of para-hydroxylation sites is 1. The molecule has 3 rings (SSSR count). The molecule has 0 saturated carbocycles. The van der Waals surface area contributed by atoms with Crippen LogP contribution < -0.4 is 5.32 Å². The van der Waals surface area contributed by atoms with Gasteiger partial charge in [-0.05, 0) is 26.2 Å². The Bertz CT molecular complexity index is 1060. The van der Waals surface area contributed by atoms with Crippen LogP contribution in [0.4, 0.5) is 0 Å². The van der Waals surface area contributed by atoms with Crippen molar-refractivity contribution in [2.75, 3.05) is 47.8 Å². The highest BCUT2D eigenvalue weighted by molar-refractivity contribution is 7.89. The molecule has 1 aromatic carbocycles. The van der Waals surface area contributed by atoms with E-state index in [4.69, 9.17) is 0 Å². The van der Waals surface area contributed by atoms with E-state index >= 15 is 0 Å². The average Bonchev–Trinajstić information content (AvgIpc) is 3.07. The predicted molar refractivity (Wildman–Crippen MR) is 111 cm³/mol. The number of carbonyl (C=O) groups is 2. The molecule has 0 spiro atoms. The van der Waals surface area contributed by atoms with Crippen LogP contribution in [0.5, 0.6) is 0 Å². The van der Waals surface area contributed by atoms with Crippen molar-refractivity contribution in [1.82, 2.24) is 29.0 Å². The quantitative estimate of drug-likeness (QED) is 0.672. The number of amides is 2. The molecule has 30 heavy (non-hydrogen) atoms. The number of carbonyl (C=O) groups excluding carboxylic acids is 2. The Labute approximate surface area is 176 Å². The van der Waals surface area contributed by atoms with Crippen LogP contribution in [0.2, 0.25) is 0 Å². The highest BCUT2D eigenvalue weighted by Crippen LogP contribution is 2.31.